The monoisotopic (exact) mass is 248 g/mol. The summed E-state index contributed by atoms with van der Waals surface area (Å²) >= 11 is 0. The lowest BCUT2D eigenvalue weighted by molar-refractivity contribution is 0.0685. The molecule has 18 heavy (non-hydrogen) atoms. The van der Waals surface area contributed by atoms with Gasteiger partial charge in [0.1, 0.15) is 0 Å². The number of aromatic amines is 1. The van der Waals surface area contributed by atoms with Gasteiger partial charge >= 0.3 is 5.97 Å². The van der Waals surface area contributed by atoms with Crippen molar-refractivity contribution in [2.24, 2.45) is 7.05 Å². The number of nitrogens with one attached hydrogen (secondary N) is 2. The summed E-state index contributed by atoms with van der Waals surface area (Å²) in [5.41, 5.74) is 0.590. The molecule has 0 radical (unpaired) electrons. The number of nitrogens with zero attached hydrogens (tertiary/aromatic N) is 2. The molecule has 0 aromatic carbocycles. The molecule has 2 heterocycles. The van der Waals surface area contributed by atoms with E-state index in [1.54, 1.807) is 0 Å². The van der Waals surface area contributed by atoms with Crippen LogP contribution in [0.3, 0.4) is 0 Å². The van der Waals surface area contributed by atoms with Crippen LogP contribution in [0.2, 0.25) is 0 Å². The van der Waals surface area contributed by atoms with Crippen molar-refractivity contribution in [1.82, 2.24) is 19.9 Å². The van der Waals surface area contributed by atoms with Crippen LogP contribution in [-0.4, -0.2) is 31.5 Å². The van der Waals surface area contributed by atoms with Crippen LogP contribution in [0.5, 0.6) is 0 Å². The Morgan fingerprint density at radius 3 is 2.94 bits per heavy atom. The van der Waals surface area contributed by atoms with Crippen LogP contribution in [-0.2, 0) is 13.6 Å². The number of aryl methyl sites for hydroxylation is 1. The molecule has 0 spiro atoms. The predicted molar refractivity (Wildman–Crippen MR) is 62.1 cm³/mol. The SMILES string of the molecule is Cn1cccc1CNC(=O)c1nc[nH]c1C(=O)O. The van der Waals surface area contributed by atoms with Crippen LogP contribution in [0.15, 0.2) is 24.7 Å². The molecule has 94 valence electrons. The predicted octanol–water partition coefficient (Wildman–Crippen LogP) is 0.376. The topological polar surface area (TPSA) is 100 Å². The number of hydrogen-bond donors (Lipinski definition) is 3. The van der Waals surface area contributed by atoms with E-state index in [9.17, 15) is 9.59 Å². The number of H-pyrrole nitrogens is 1. The second kappa shape index (κ2) is 4.74. The fraction of sp³-hybridized carbons (Fsp3) is 0.182. The van der Waals surface area contributed by atoms with E-state index in [-0.39, 0.29) is 11.4 Å². The number of aromatic nitrogens is 3. The molecule has 0 aliphatic carbocycles. The summed E-state index contributed by atoms with van der Waals surface area (Å²) in [4.78, 5) is 28.7. The minimum absolute atomic E-state index is 0.114. The Hall–Kier alpha value is -2.57. The van der Waals surface area contributed by atoms with Crippen LogP contribution in [0.25, 0.3) is 0 Å². The zero-order valence-electron chi connectivity index (χ0n) is 9.67. The molecule has 2 aromatic rings. The van der Waals surface area contributed by atoms with E-state index in [1.165, 1.54) is 6.33 Å². The molecule has 0 fully saturated rings. The van der Waals surface area contributed by atoms with Gasteiger partial charge in [-0.05, 0) is 12.1 Å². The minimum atomic E-state index is -1.21. The van der Waals surface area contributed by atoms with Gasteiger partial charge in [-0.15, -0.1) is 0 Å². The number of carboxylic acids is 1. The smallest absolute Gasteiger partial charge is 0.354 e. The average Bonchev–Trinajstić information content (AvgIpc) is 2.94. The van der Waals surface area contributed by atoms with Crippen LogP contribution in [0.4, 0.5) is 0 Å². The molecular formula is C11H12N4O3. The van der Waals surface area contributed by atoms with E-state index in [2.05, 4.69) is 15.3 Å². The summed E-state index contributed by atoms with van der Waals surface area (Å²) in [6.07, 6.45) is 3.04. The number of carbonyl (C=O) groups excluding carboxylic acids is 1. The number of carboxylic acid groups (broad SMARTS) is 1. The lowest BCUT2D eigenvalue weighted by Gasteiger charge is -2.05. The second-order valence-electron chi connectivity index (χ2n) is 3.72. The van der Waals surface area contributed by atoms with Gasteiger partial charge in [0.15, 0.2) is 11.4 Å². The zero-order valence-corrected chi connectivity index (χ0v) is 9.67. The Labute approximate surface area is 102 Å². The molecule has 7 nitrogen and oxygen atoms in total. The maximum absolute atomic E-state index is 11.8. The summed E-state index contributed by atoms with van der Waals surface area (Å²) in [5, 5.41) is 11.5. The first-order chi connectivity index (χ1) is 8.59. The van der Waals surface area contributed by atoms with Crippen molar-refractivity contribution in [3.05, 3.63) is 41.7 Å². The summed E-state index contributed by atoms with van der Waals surface area (Å²) in [7, 11) is 1.86. The van der Waals surface area contributed by atoms with Gasteiger partial charge in [-0.25, -0.2) is 9.78 Å². The highest BCUT2D eigenvalue weighted by molar-refractivity contribution is 6.02. The van der Waals surface area contributed by atoms with E-state index in [0.717, 1.165) is 5.69 Å². The van der Waals surface area contributed by atoms with Crippen molar-refractivity contribution in [3.63, 3.8) is 0 Å². The van der Waals surface area contributed by atoms with Gasteiger partial charge in [0, 0.05) is 18.9 Å². The van der Waals surface area contributed by atoms with Crippen molar-refractivity contribution in [2.75, 3.05) is 0 Å². The molecule has 0 atom stereocenters. The van der Waals surface area contributed by atoms with E-state index >= 15 is 0 Å². The number of aromatic carboxylic acids is 1. The molecular weight excluding hydrogens is 236 g/mol. The van der Waals surface area contributed by atoms with Crippen molar-refractivity contribution in [1.29, 1.82) is 0 Å². The maximum Gasteiger partial charge on any atom is 0.354 e. The van der Waals surface area contributed by atoms with E-state index < -0.39 is 11.9 Å². The van der Waals surface area contributed by atoms with Gasteiger partial charge in [0.05, 0.1) is 12.9 Å². The third-order valence-electron chi connectivity index (χ3n) is 2.55. The van der Waals surface area contributed by atoms with Crippen LogP contribution in [0.1, 0.15) is 26.7 Å². The molecule has 7 heteroatoms. The fourth-order valence-electron chi connectivity index (χ4n) is 1.56. The molecule has 3 N–H and O–H groups in total. The Balaban J connectivity index is 2.06. The summed E-state index contributed by atoms with van der Waals surface area (Å²) in [5.74, 6) is -1.73. The largest absolute Gasteiger partial charge is 0.477 e. The second-order valence-corrected chi connectivity index (χ2v) is 3.72. The van der Waals surface area contributed by atoms with Crippen LogP contribution >= 0.6 is 0 Å². The standard InChI is InChI=1S/C11H12N4O3/c1-15-4-2-3-7(15)5-12-10(16)8-9(11(17)18)14-6-13-8/h2-4,6H,5H2,1H3,(H,12,16)(H,13,14)(H,17,18). The first kappa shape index (κ1) is 11.9. The van der Waals surface area contributed by atoms with E-state index in [1.807, 2.05) is 29.9 Å². The van der Waals surface area contributed by atoms with Gasteiger partial charge in [0.25, 0.3) is 5.91 Å². The van der Waals surface area contributed by atoms with Gasteiger partial charge in [-0.1, -0.05) is 0 Å². The quantitative estimate of drug-likeness (QED) is 0.728. The molecule has 0 saturated heterocycles. The summed E-state index contributed by atoms with van der Waals surface area (Å²) < 4.78 is 1.86. The van der Waals surface area contributed by atoms with Crippen LogP contribution in [0, 0.1) is 0 Å². The Bertz CT molecular complexity index is 585. The highest BCUT2D eigenvalue weighted by atomic mass is 16.4. The lowest BCUT2D eigenvalue weighted by atomic mass is 10.3. The third kappa shape index (κ3) is 2.24. The Morgan fingerprint density at radius 1 is 1.56 bits per heavy atom. The number of amides is 1. The highest BCUT2D eigenvalue weighted by Crippen LogP contribution is 2.04. The third-order valence-corrected chi connectivity index (χ3v) is 2.55. The van der Waals surface area contributed by atoms with Crippen molar-refractivity contribution >= 4 is 11.9 Å². The number of hydrogen-bond acceptors (Lipinski definition) is 3. The molecule has 0 bridgehead atoms. The van der Waals surface area contributed by atoms with Crippen molar-refractivity contribution in [3.8, 4) is 0 Å². The van der Waals surface area contributed by atoms with Gasteiger partial charge in [-0.3, -0.25) is 4.79 Å². The number of rotatable bonds is 4. The summed E-state index contributed by atoms with van der Waals surface area (Å²) in [6, 6.07) is 3.72. The molecule has 0 unspecified atom stereocenters. The molecule has 0 aliphatic heterocycles. The van der Waals surface area contributed by atoms with Gasteiger partial charge in [-0.2, -0.15) is 0 Å². The lowest BCUT2D eigenvalue weighted by Crippen LogP contribution is -2.26. The van der Waals surface area contributed by atoms with Crippen LogP contribution < -0.4 is 5.32 Å². The van der Waals surface area contributed by atoms with Crippen molar-refractivity contribution in [2.45, 2.75) is 6.54 Å². The number of carbonyl (C=O) groups is 2. The number of imidazole rings is 1. The van der Waals surface area contributed by atoms with Crippen molar-refractivity contribution < 1.29 is 14.7 Å². The maximum atomic E-state index is 11.8. The van der Waals surface area contributed by atoms with Gasteiger partial charge in [0.2, 0.25) is 0 Å². The average molecular weight is 248 g/mol. The fourth-order valence-corrected chi connectivity index (χ4v) is 1.56. The normalized spacial score (nSPS) is 10.3. The molecule has 2 aromatic heterocycles. The highest BCUT2D eigenvalue weighted by Gasteiger charge is 2.19. The minimum Gasteiger partial charge on any atom is -0.477 e. The van der Waals surface area contributed by atoms with E-state index in [4.69, 9.17) is 5.11 Å². The summed E-state index contributed by atoms with van der Waals surface area (Å²) in [6.45, 7) is 0.314. The Morgan fingerprint density at radius 2 is 2.33 bits per heavy atom. The zero-order chi connectivity index (χ0) is 13.1. The molecule has 0 aliphatic rings. The Kier molecular flexibility index (Phi) is 3.13. The van der Waals surface area contributed by atoms with Gasteiger partial charge < -0.3 is 20.0 Å². The van der Waals surface area contributed by atoms with E-state index in [0.29, 0.717) is 6.54 Å². The molecule has 0 saturated carbocycles. The molecule has 1 amide bonds. The first-order valence-electron chi connectivity index (χ1n) is 5.24. The molecule has 2 rings (SSSR count). The first-order valence-corrected chi connectivity index (χ1v) is 5.24.